The molecule has 5 nitrogen and oxygen atoms in total. The molecule has 0 saturated carbocycles. The Balaban J connectivity index is 1.86. The predicted octanol–water partition coefficient (Wildman–Crippen LogP) is 3.34. The highest BCUT2D eigenvalue weighted by Crippen LogP contribution is 2.25. The fourth-order valence-electron chi connectivity index (χ4n) is 1.92. The minimum Gasteiger partial charge on any atom is -0.441 e. The Morgan fingerprint density at radius 3 is 2.85 bits per heavy atom. The average Bonchev–Trinajstić information content (AvgIpc) is 2.91. The molecule has 0 atom stereocenters. The van der Waals surface area contributed by atoms with E-state index < -0.39 is 0 Å². The van der Waals surface area contributed by atoms with Crippen LogP contribution in [0.3, 0.4) is 0 Å². The van der Waals surface area contributed by atoms with Crippen molar-refractivity contribution < 1.29 is 9.21 Å². The number of nitrogen functional groups attached to an aromatic ring is 1. The number of rotatable bonds is 2. The number of aromatic nitrogens is 1. The number of anilines is 2. The molecule has 0 spiro atoms. The smallest absolute Gasteiger partial charge is 0.265 e. The molecule has 1 aromatic carbocycles. The first-order chi connectivity index (χ1) is 9.52. The number of hydrogen-bond donors (Lipinski definition) is 2. The van der Waals surface area contributed by atoms with Crippen LogP contribution in [-0.2, 0) is 0 Å². The number of nitrogens with one attached hydrogen (secondary N) is 1. The molecule has 1 amide bonds. The standard InChI is InChI=1S/C14H13N3O2S/c1-7-10(15)6-13(20-7)14(18)17-9-3-4-12-11(5-9)16-8(2)19-12/h3-6H,15H2,1-2H3,(H,17,18). The molecule has 3 aromatic rings. The van der Waals surface area contributed by atoms with E-state index in [-0.39, 0.29) is 5.91 Å². The van der Waals surface area contributed by atoms with Gasteiger partial charge < -0.3 is 15.5 Å². The maximum atomic E-state index is 12.1. The molecule has 102 valence electrons. The van der Waals surface area contributed by atoms with Crippen molar-refractivity contribution in [2.75, 3.05) is 11.1 Å². The largest absolute Gasteiger partial charge is 0.441 e. The van der Waals surface area contributed by atoms with Crippen LogP contribution in [0.1, 0.15) is 20.4 Å². The summed E-state index contributed by atoms with van der Waals surface area (Å²) in [5.41, 5.74) is 8.51. The zero-order valence-corrected chi connectivity index (χ0v) is 11.9. The molecule has 3 rings (SSSR count). The van der Waals surface area contributed by atoms with E-state index >= 15 is 0 Å². The van der Waals surface area contributed by atoms with E-state index in [1.807, 2.05) is 6.92 Å². The monoisotopic (exact) mass is 287 g/mol. The van der Waals surface area contributed by atoms with Crippen molar-refractivity contribution in [1.82, 2.24) is 4.98 Å². The number of nitrogens with two attached hydrogens (primary N) is 1. The summed E-state index contributed by atoms with van der Waals surface area (Å²) in [7, 11) is 0. The zero-order chi connectivity index (χ0) is 14.3. The van der Waals surface area contributed by atoms with Crippen LogP contribution in [-0.4, -0.2) is 10.9 Å². The van der Waals surface area contributed by atoms with Gasteiger partial charge in [-0.15, -0.1) is 11.3 Å². The Morgan fingerprint density at radius 2 is 2.15 bits per heavy atom. The van der Waals surface area contributed by atoms with E-state index in [1.165, 1.54) is 11.3 Å². The van der Waals surface area contributed by atoms with Gasteiger partial charge in [-0.05, 0) is 31.2 Å². The second kappa shape index (κ2) is 4.64. The molecule has 0 radical (unpaired) electrons. The predicted molar refractivity (Wildman–Crippen MR) is 80.2 cm³/mol. The average molecular weight is 287 g/mol. The number of thiophene rings is 1. The van der Waals surface area contributed by atoms with Gasteiger partial charge in [0.25, 0.3) is 5.91 Å². The number of aryl methyl sites for hydroxylation is 2. The second-order valence-electron chi connectivity index (χ2n) is 4.49. The van der Waals surface area contributed by atoms with E-state index in [2.05, 4.69) is 10.3 Å². The molecule has 2 heterocycles. The van der Waals surface area contributed by atoms with E-state index in [1.54, 1.807) is 31.2 Å². The molecule has 0 bridgehead atoms. The Labute approximate surface area is 119 Å². The first-order valence-corrected chi connectivity index (χ1v) is 6.89. The minimum absolute atomic E-state index is 0.172. The van der Waals surface area contributed by atoms with Crippen molar-refractivity contribution in [3.8, 4) is 0 Å². The summed E-state index contributed by atoms with van der Waals surface area (Å²) in [5.74, 6) is 0.430. The molecular weight excluding hydrogens is 274 g/mol. The molecule has 0 unspecified atom stereocenters. The van der Waals surface area contributed by atoms with Crippen molar-refractivity contribution >= 4 is 39.7 Å². The van der Waals surface area contributed by atoms with Gasteiger partial charge in [-0.1, -0.05) is 0 Å². The highest BCUT2D eigenvalue weighted by molar-refractivity contribution is 7.14. The van der Waals surface area contributed by atoms with E-state index in [4.69, 9.17) is 10.2 Å². The number of carbonyl (C=O) groups is 1. The Kier molecular flexibility index (Phi) is 2.94. The van der Waals surface area contributed by atoms with Crippen LogP contribution in [0, 0.1) is 13.8 Å². The molecular formula is C14H13N3O2S. The van der Waals surface area contributed by atoms with Gasteiger partial charge in [0.15, 0.2) is 11.5 Å². The first kappa shape index (κ1) is 12.7. The molecule has 2 aromatic heterocycles. The summed E-state index contributed by atoms with van der Waals surface area (Å²) in [6.45, 7) is 3.68. The fraction of sp³-hybridized carbons (Fsp3) is 0.143. The molecule has 0 fully saturated rings. The summed E-state index contributed by atoms with van der Waals surface area (Å²) >= 11 is 1.38. The topological polar surface area (TPSA) is 81.2 Å². The van der Waals surface area contributed by atoms with Crippen LogP contribution in [0.25, 0.3) is 11.1 Å². The lowest BCUT2D eigenvalue weighted by molar-refractivity contribution is 0.103. The van der Waals surface area contributed by atoms with Crippen molar-refractivity contribution in [2.45, 2.75) is 13.8 Å². The van der Waals surface area contributed by atoms with Gasteiger partial charge in [-0.3, -0.25) is 4.79 Å². The molecule has 0 saturated heterocycles. The van der Waals surface area contributed by atoms with E-state index in [0.29, 0.717) is 27.7 Å². The summed E-state index contributed by atoms with van der Waals surface area (Å²) in [4.78, 5) is 17.9. The number of oxazole rings is 1. The fourth-order valence-corrected chi connectivity index (χ4v) is 2.76. The van der Waals surface area contributed by atoms with Crippen molar-refractivity contribution in [3.63, 3.8) is 0 Å². The highest BCUT2D eigenvalue weighted by atomic mass is 32.1. The number of nitrogens with zero attached hydrogens (tertiary/aromatic N) is 1. The van der Waals surface area contributed by atoms with Gasteiger partial charge in [-0.25, -0.2) is 4.98 Å². The molecule has 0 aliphatic heterocycles. The lowest BCUT2D eigenvalue weighted by Gasteiger charge is -2.02. The van der Waals surface area contributed by atoms with E-state index in [0.717, 1.165) is 10.4 Å². The molecule has 0 aliphatic carbocycles. The molecule has 6 heteroatoms. The van der Waals surface area contributed by atoms with Crippen molar-refractivity contribution in [3.05, 3.63) is 39.9 Å². The number of hydrogen-bond acceptors (Lipinski definition) is 5. The van der Waals surface area contributed by atoms with Crippen LogP contribution in [0.5, 0.6) is 0 Å². The second-order valence-corrected chi connectivity index (χ2v) is 5.75. The third kappa shape index (κ3) is 2.25. The first-order valence-electron chi connectivity index (χ1n) is 6.07. The lowest BCUT2D eigenvalue weighted by atomic mass is 10.3. The highest BCUT2D eigenvalue weighted by Gasteiger charge is 2.12. The van der Waals surface area contributed by atoms with Crippen LogP contribution in [0.2, 0.25) is 0 Å². The van der Waals surface area contributed by atoms with Crippen molar-refractivity contribution in [2.24, 2.45) is 0 Å². The van der Waals surface area contributed by atoms with Gasteiger partial charge >= 0.3 is 0 Å². The van der Waals surface area contributed by atoms with Crippen LogP contribution in [0.4, 0.5) is 11.4 Å². The number of carbonyl (C=O) groups excluding carboxylic acids is 1. The Hall–Kier alpha value is -2.34. The molecule has 20 heavy (non-hydrogen) atoms. The SMILES string of the molecule is Cc1nc2cc(NC(=O)c3cc(N)c(C)s3)ccc2o1. The third-order valence-corrected chi connectivity index (χ3v) is 4.00. The van der Waals surface area contributed by atoms with Crippen LogP contribution < -0.4 is 11.1 Å². The Morgan fingerprint density at radius 1 is 1.35 bits per heavy atom. The number of benzene rings is 1. The summed E-state index contributed by atoms with van der Waals surface area (Å²) in [6, 6.07) is 7.05. The molecule has 3 N–H and O–H groups in total. The lowest BCUT2D eigenvalue weighted by Crippen LogP contribution is -2.09. The maximum Gasteiger partial charge on any atom is 0.265 e. The zero-order valence-electron chi connectivity index (χ0n) is 11.1. The van der Waals surface area contributed by atoms with Gasteiger partial charge in [-0.2, -0.15) is 0 Å². The van der Waals surface area contributed by atoms with Gasteiger partial charge in [0.05, 0.1) is 4.88 Å². The maximum absolute atomic E-state index is 12.1. The Bertz CT molecular complexity index is 784. The van der Waals surface area contributed by atoms with Crippen molar-refractivity contribution in [1.29, 1.82) is 0 Å². The number of amides is 1. The van der Waals surface area contributed by atoms with Crippen LogP contribution >= 0.6 is 11.3 Å². The summed E-state index contributed by atoms with van der Waals surface area (Å²) < 4.78 is 5.39. The van der Waals surface area contributed by atoms with Gasteiger partial charge in [0.1, 0.15) is 5.52 Å². The number of fused-ring (bicyclic) bond motifs is 1. The van der Waals surface area contributed by atoms with Gasteiger partial charge in [0.2, 0.25) is 0 Å². The minimum atomic E-state index is -0.172. The normalized spacial score (nSPS) is 10.9. The van der Waals surface area contributed by atoms with Crippen LogP contribution in [0.15, 0.2) is 28.7 Å². The third-order valence-electron chi connectivity index (χ3n) is 2.93. The van der Waals surface area contributed by atoms with E-state index in [9.17, 15) is 4.79 Å². The summed E-state index contributed by atoms with van der Waals surface area (Å²) in [5, 5.41) is 2.83. The molecule has 0 aliphatic rings. The van der Waals surface area contributed by atoms with Gasteiger partial charge in [0, 0.05) is 23.2 Å². The quantitative estimate of drug-likeness (QED) is 0.757. The summed E-state index contributed by atoms with van der Waals surface area (Å²) in [6.07, 6.45) is 0.